The summed E-state index contributed by atoms with van der Waals surface area (Å²) in [5.41, 5.74) is 0. The molecule has 4 heteroatoms. The third-order valence-corrected chi connectivity index (χ3v) is 3.15. The van der Waals surface area contributed by atoms with Crippen LogP contribution in [-0.4, -0.2) is 31.3 Å². The molecule has 2 heterocycles. The summed E-state index contributed by atoms with van der Waals surface area (Å²) < 4.78 is 6.49. The van der Waals surface area contributed by atoms with E-state index in [0.29, 0.717) is 6.10 Å². The number of ether oxygens (including phenoxy) is 1. The van der Waals surface area contributed by atoms with E-state index in [2.05, 4.69) is 44.6 Å². The summed E-state index contributed by atoms with van der Waals surface area (Å²) in [6.07, 6.45) is 3.37. The lowest BCUT2D eigenvalue weighted by Gasteiger charge is -2.16. The summed E-state index contributed by atoms with van der Waals surface area (Å²) in [5.74, 6) is 1.06. The predicted molar refractivity (Wildman–Crippen MR) is 64.6 cm³/mol. The first kappa shape index (κ1) is 10.2. The van der Waals surface area contributed by atoms with Crippen LogP contribution < -0.4 is 4.90 Å². The van der Waals surface area contributed by atoms with Crippen molar-refractivity contribution in [1.29, 1.82) is 0 Å². The van der Waals surface area contributed by atoms with E-state index < -0.39 is 0 Å². The second-order valence-corrected chi connectivity index (χ2v) is 4.67. The molecular formula is C10H13IN2O. The van der Waals surface area contributed by atoms with Crippen molar-refractivity contribution in [2.75, 3.05) is 25.1 Å². The molecule has 2 rings (SSSR count). The summed E-state index contributed by atoms with van der Waals surface area (Å²) in [7, 11) is 1.77. The third-order valence-electron chi connectivity index (χ3n) is 2.51. The monoisotopic (exact) mass is 304 g/mol. The van der Waals surface area contributed by atoms with Crippen molar-refractivity contribution in [3.05, 3.63) is 21.9 Å². The predicted octanol–water partition coefficient (Wildman–Crippen LogP) is 1.91. The number of hydrogen-bond donors (Lipinski definition) is 0. The molecule has 1 aliphatic rings. The Morgan fingerprint density at radius 1 is 1.57 bits per heavy atom. The van der Waals surface area contributed by atoms with Gasteiger partial charge in [0.25, 0.3) is 0 Å². The van der Waals surface area contributed by atoms with Gasteiger partial charge in [-0.05, 0) is 41.1 Å². The van der Waals surface area contributed by atoms with E-state index in [1.54, 1.807) is 7.11 Å². The maximum absolute atomic E-state index is 5.32. The van der Waals surface area contributed by atoms with Gasteiger partial charge in [-0.2, -0.15) is 0 Å². The molecule has 1 aliphatic heterocycles. The van der Waals surface area contributed by atoms with Crippen molar-refractivity contribution < 1.29 is 4.74 Å². The van der Waals surface area contributed by atoms with Crippen LogP contribution in [0.5, 0.6) is 0 Å². The highest BCUT2D eigenvalue weighted by Crippen LogP contribution is 2.19. The number of anilines is 1. The zero-order valence-electron chi connectivity index (χ0n) is 8.11. The Labute approximate surface area is 97.6 Å². The van der Waals surface area contributed by atoms with Crippen molar-refractivity contribution in [3.8, 4) is 0 Å². The molecule has 0 N–H and O–H groups in total. The summed E-state index contributed by atoms with van der Waals surface area (Å²) in [5, 5.41) is 0. The van der Waals surface area contributed by atoms with Crippen LogP contribution in [0.4, 0.5) is 5.82 Å². The molecule has 0 aliphatic carbocycles. The molecule has 0 amide bonds. The van der Waals surface area contributed by atoms with Crippen LogP contribution >= 0.6 is 22.6 Å². The quantitative estimate of drug-likeness (QED) is 0.781. The lowest BCUT2D eigenvalue weighted by atomic mass is 10.3. The molecule has 14 heavy (non-hydrogen) atoms. The van der Waals surface area contributed by atoms with Crippen LogP contribution in [0.15, 0.2) is 18.3 Å². The molecule has 1 saturated heterocycles. The van der Waals surface area contributed by atoms with Crippen molar-refractivity contribution in [3.63, 3.8) is 0 Å². The van der Waals surface area contributed by atoms with Gasteiger partial charge in [-0.3, -0.25) is 0 Å². The normalized spacial score (nSPS) is 21.6. The minimum atomic E-state index is 0.371. The molecule has 1 aromatic rings. The highest BCUT2D eigenvalue weighted by atomic mass is 127. The molecule has 76 valence electrons. The molecule has 0 spiro atoms. The Hall–Kier alpha value is -0.360. The van der Waals surface area contributed by atoms with E-state index in [9.17, 15) is 0 Å². The summed E-state index contributed by atoms with van der Waals surface area (Å²) in [6.45, 7) is 2.01. The second-order valence-electron chi connectivity index (χ2n) is 3.43. The summed E-state index contributed by atoms with van der Waals surface area (Å²) >= 11 is 2.27. The van der Waals surface area contributed by atoms with Gasteiger partial charge in [-0.15, -0.1) is 0 Å². The van der Waals surface area contributed by atoms with Crippen LogP contribution in [0.3, 0.4) is 0 Å². The summed E-state index contributed by atoms with van der Waals surface area (Å²) in [6, 6.07) is 4.16. The van der Waals surface area contributed by atoms with Crippen molar-refractivity contribution in [2.45, 2.75) is 12.5 Å². The van der Waals surface area contributed by atoms with E-state index in [-0.39, 0.29) is 0 Å². The first-order chi connectivity index (χ1) is 6.79. The third kappa shape index (κ3) is 2.17. The Bertz CT molecular complexity index is 301. The highest BCUT2D eigenvalue weighted by Gasteiger charge is 2.22. The molecule has 0 bridgehead atoms. The average Bonchev–Trinajstić information content (AvgIpc) is 2.67. The number of pyridine rings is 1. The zero-order valence-corrected chi connectivity index (χ0v) is 10.3. The van der Waals surface area contributed by atoms with Gasteiger partial charge < -0.3 is 9.64 Å². The van der Waals surface area contributed by atoms with Crippen molar-refractivity contribution >= 4 is 28.4 Å². The van der Waals surface area contributed by atoms with Gasteiger partial charge in [0.1, 0.15) is 5.82 Å². The number of rotatable bonds is 2. The van der Waals surface area contributed by atoms with Crippen LogP contribution in [-0.2, 0) is 4.74 Å². The zero-order chi connectivity index (χ0) is 9.97. The first-order valence-electron chi connectivity index (χ1n) is 4.69. The van der Waals surface area contributed by atoms with Crippen molar-refractivity contribution in [1.82, 2.24) is 4.98 Å². The van der Waals surface area contributed by atoms with Gasteiger partial charge >= 0.3 is 0 Å². The lowest BCUT2D eigenvalue weighted by molar-refractivity contribution is 0.121. The molecule has 1 atom stereocenters. The molecular weight excluding hydrogens is 291 g/mol. The number of halogens is 1. The average molecular weight is 304 g/mol. The second kappa shape index (κ2) is 4.44. The molecule has 0 radical (unpaired) electrons. The van der Waals surface area contributed by atoms with E-state index >= 15 is 0 Å². The van der Waals surface area contributed by atoms with Crippen molar-refractivity contribution in [2.24, 2.45) is 0 Å². The fraction of sp³-hybridized carbons (Fsp3) is 0.500. The number of hydrogen-bond acceptors (Lipinski definition) is 3. The Morgan fingerprint density at radius 2 is 2.43 bits per heavy atom. The van der Waals surface area contributed by atoms with Crippen LogP contribution in [0.25, 0.3) is 0 Å². The minimum absolute atomic E-state index is 0.371. The maximum Gasteiger partial charge on any atom is 0.128 e. The smallest absolute Gasteiger partial charge is 0.128 e. The molecule has 0 aromatic carbocycles. The highest BCUT2D eigenvalue weighted by molar-refractivity contribution is 14.1. The van der Waals surface area contributed by atoms with Gasteiger partial charge in [0.05, 0.1) is 6.10 Å². The summed E-state index contributed by atoms with van der Waals surface area (Å²) in [4.78, 5) is 6.66. The van der Waals surface area contributed by atoms with Gasteiger partial charge in [0.15, 0.2) is 0 Å². The number of nitrogens with zero attached hydrogens (tertiary/aromatic N) is 2. The minimum Gasteiger partial charge on any atom is -0.380 e. The fourth-order valence-corrected chi connectivity index (χ4v) is 2.00. The number of methoxy groups -OCH3 is 1. The Kier molecular flexibility index (Phi) is 3.22. The van der Waals surface area contributed by atoms with E-state index in [0.717, 1.165) is 25.3 Å². The number of aromatic nitrogens is 1. The van der Waals surface area contributed by atoms with Gasteiger partial charge in [-0.25, -0.2) is 4.98 Å². The van der Waals surface area contributed by atoms with Gasteiger partial charge in [0.2, 0.25) is 0 Å². The molecule has 0 unspecified atom stereocenters. The Balaban J connectivity index is 2.06. The topological polar surface area (TPSA) is 25.4 Å². The van der Waals surface area contributed by atoms with Gasteiger partial charge in [-0.1, -0.05) is 0 Å². The molecule has 3 nitrogen and oxygen atoms in total. The standard InChI is InChI=1S/C10H13IN2O/c1-14-9-4-5-13(7-9)10-3-2-8(11)6-12-10/h2-3,6,9H,4-5,7H2,1H3/t9-/m0/s1. The SMILES string of the molecule is CO[C@H]1CCN(c2ccc(I)cn2)C1. The molecule has 0 saturated carbocycles. The molecule has 1 fully saturated rings. The van der Waals surface area contributed by atoms with Gasteiger partial charge in [0, 0.05) is 30.0 Å². The van der Waals surface area contributed by atoms with Crippen LogP contribution in [0, 0.1) is 3.57 Å². The fourth-order valence-electron chi connectivity index (χ4n) is 1.68. The van der Waals surface area contributed by atoms with E-state index in [4.69, 9.17) is 4.74 Å². The van der Waals surface area contributed by atoms with Crippen LogP contribution in [0.2, 0.25) is 0 Å². The maximum atomic E-state index is 5.32. The first-order valence-corrected chi connectivity index (χ1v) is 5.77. The van der Waals surface area contributed by atoms with E-state index in [1.807, 2.05) is 6.20 Å². The van der Waals surface area contributed by atoms with E-state index in [1.165, 1.54) is 3.57 Å². The Morgan fingerprint density at radius 3 is 3.00 bits per heavy atom. The lowest BCUT2D eigenvalue weighted by Crippen LogP contribution is -2.22. The van der Waals surface area contributed by atoms with Crippen LogP contribution in [0.1, 0.15) is 6.42 Å². The largest absolute Gasteiger partial charge is 0.380 e. The molecule has 1 aromatic heterocycles.